The molecule has 6 aromatic carbocycles. The second kappa shape index (κ2) is 19.0. The molecule has 0 saturated carbocycles. The summed E-state index contributed by atoms with van der Waals surface area (Å²) >= 11 is 0. The van der Waals surface area contributed by atoms with Crippen LogP contribution in [0.15, 0.2) is 127 Å². The van der Waals surface area contributed by atoms with Gasteiger partial charge in [-0.3, -0.25) is 0 Å². The molecule has 2 aliphatic carbocycles. The number of hydrogen-bond donors (Lipinski definition) is 0. The molecule has 0 bridgehead atoms. The van der Waals surface area contributed by atoms with E-state index in [1.54, 1.807) is 0 Å². The Hall–Kier alpha value is -4.00. The van der Waals surface area contributed by atoms with Crippen molar-refractivity contribution in [2.24, 2.45) is 11.3 Å². The number of hydrogen-bond acceptors (Lipinski definition) is 0. The molecule has 3 heteroatoms. The van der Waals surface area contributed by atoms with Gasteiger partial charge in [0, 0.05) is 0 Å². The third-order valence-electron chi connectivity index (χ3n) is 12.3. The quantitative estimate of drug-likeness (QED) is 0.136. The van der Waals surface area contributed by atoms with Gasteiger partial charge in [0.05, 0.1) is 0 Å². The SMILES string of the molecule is CCCCC1C=C(C(C)(C)C)C=C1c1c(-c2c(C)cc(C)cc2C)c(=C(c2ccccc2)c2ccccc2)cc2c1=[C-]c1cc(-c3c(C)cc(C)cc3C)ccc1-2.[Cl-].[Cl-].[Zr+3]. The number of halogens is 2. The molecule has 0 aliphatic heterocycles. The second-order valence-electron chi connectivity index (χ2n) is 17.9. The zero-order chi connectivity index (χ0) is 40.2. The molecular weight excluding hydrogens is 847 g/mol. The summed E-state index contributed by atoms with van der Waals surface area (Å²) in [5.41, 5.74) is 24.8. The van der Waals surface area contributed by atoms with E-state index in [4.69, 9.17) is 0 Å². The molecular formula is C57H57Cl2Zr. The number of allylic oxidation sites excluding steroid dienone is 4. The van der Waals surface area contributed by atoms with Gasteiger partial charge in [-0.05, 0) is 126 Å². The van der Waals surface area contributed by atoms with Crippen LogP contribution in [0.4, 0.5) is 0 Å². The van der Waals surface area contributed by atoms with E-state index in [1.165, 1.54) is 129 Å². The molecule has 1 atom stereocenters. The Balaban J connectivity index is 0.00000228. The molecule has 1 unspecified atom stereocenters. The van der Waals surface area contributed by atoms with Gasteiger partial charge in [0.2, 0.25) is 0 Å². The van der Waals surface area contributed by atoms with Gasteiger partial charge in [0.15, 0.2) is 0 Å². The molecule has 8 rings (SSSR count). The Kier molecular flexibility index (Phi) is 14.9. The van der Waals surface area contributed by atoms with Gasteiger partial charge in [-0.2, -0.15) is 0 Å². The summed E-state index contributed by atoms with van der Waals surface area (Å²) in [6.07, 6.45) is 12.8. The number of aryl methyl sites for hydroxylation is 6. The van der Waals surface area contributed by atoms with E-state index in [0.29, 0.717) is 5.92 Å². The predicted molar refractivity (Wildman–Crippen MR) is 246 cm³/mol. The smallest absolute Gasteiger partial charge is 1.00 e. The van der Waals surface area contributed by atoms with Crippen molar-refractivity contribution >= 4 is 17.2 Å². The largest absolute Gasteiger partial charge is 3.00 e. The molecule has 0 amide bonds. The molecule has 0 spiro atoms. The van der Waals surface area contributed by atoms with Crippen LogP contribution in [0.25, 0.3) is 50.6 Å². The van der Waals surface area contributed by atoms with E-state index in [2.05, 4.69) is 197 Å². The van der Waals surface area contributed by atoms with Crippen LogP contribution in [0, 0.1) is 52.9 Å². The van der Waals surface area contributed by atoms with Crippen LogP contribution in [0.3, 0.4) is 0 Å². The van der Waals surface area contributed by atoms with E-state index in [-0.39, 0.29) is 56.4 Å². The molecule has 0 saturated heterocycles. The minimum absolute atomic E-state index is 0. The fourth-order valence-corrected chi connectivity index (χ4v) is 9.86. The first-order valence-electron chi connectivity index (χ1n) is 21.0. The van der Waals surface area contributed by atoms with Gasteiger partial charge in [0.25, 0.3) is 0 Å². The summed E-state index contributed by atoms with van der Waals surface area (Å²) < 4.78 is 0. The van der Waals surface area contributed by atoms with Crippen LogP contribution in [0.2, 0.25) is 0 Å². The first kappa shape index (κ1) is 47.1. The Bertz CT molecular complexity index is 2660. The van der Waals surface area contributed by atoms with Crippen LogP contribution in [0.5, 0.6) is 0 Å². The van der Waals surface area contributed by atoms with E-state index in [9.17, 15) is 0 Å². The number of unbranched alkanes of at least 4 members (excludes halogenated alkanes) is 1. The average molecular weight is 904 g/mol. The van der Waals surface area contributed by atoms with Crippen molar-refractivity contribution in [3.63, 3.8) is 0 Å². The number of fused-ring (bicyclic) bond motifs is 3. The molecule has 0 nitrogen and oxygen atoms in total. The van der Waals surface area contributed by atoms with Gasteiger partial charge in [-0.1, -0.05) is 184 Å². The monoisotopic (exact) mass is 901 g/mol. The zero-order valence-corrected chi connectivity index (χ0v) is 41.0. The summed E-state index contributed by atoms with van der Waals surface area (Å²) in [6.45, 7) is 23.0. The van der Waals surface area contributed by atoms with Crippen molar-refractivity contribution in [3.05, 3.63) is 193 Å². The van der Waals surface area contributed by atoms with E-state index in [1.807, 2.05) is 0 Å². The maximum atomic E-state index is 4.15. The molecule has 0 N–H and O–H groups in total. The molecule has 1 radical (unpaired) electrons. The van der Waals surface area contributed by atoms with Crippen molar-refractivity contribution in [2.45, 2.75) is 88.5 Å². The van der Waals surface area contributed by atoms with Crippen molar-refractivity contribution in [3.8, 4) is 33.4 Å². The Morgan fingerprint density at radius 2 is 1.13 bits per heavy atom. The number of rotatable bonds is 8. The first-order valence-corrected chi connectivity index (χ1v) is 21.0. The van der Waals surface area contributed by atoms with Crippen molar-refractivity contribution in [1.82, 2.24) is 0 Å². The van der Waals surface area contributed by atoms with Crippen molar-refractivity contribution < 1.29 is 51.0 Å². The minimum atomic E-state index is 0. The Morgan fingerprint density at radius 1 is 0.600 bits per heavy atom. The number of benzene rings is 6. The van der Waals surface area contributed by atoms with Gasteiger partial charge in [-0.25, -0.2) is 0 Å². The zero-order valence-electron chi connectivity index (χ0n) is 37.0. The molecule has 0 heterocycles. The Labute approximate surface area is 391 Å². The summed E-state index contributed by atoms with van der Waals surface area (Å²) in [6, 6.07) is 41.2. The molecule has 0 fully saturated rings. The van der Waals surface area contributed by atoms with Crippen LogP contribution >= 0.6 is 0 Å². The summed E-state index contributed by atoms with van der Waals surface area (Å²) in [7, 11) is 0. The molecule has 0 aromatic heterocycles. The van der Waals surface area contributed by atoms with E-state index in [0.717, 1.165) is 6.42 Å². The van der Waals surface area contributed by atoms with Gasteiger partial charge >= 0.3 is 26.2 Å². The maximum absolute atomic E-state index is 4.15. The maximum Gasteiger partial charge on any atom is 3.00 e. The molecule has 6 aromatic rings. The summed E-state index contributed by atoms with van der Waals surface area (Å²) in [5, 5.41) is 2.51. The van der Waals surface area contributed by atoms with E-state index < -0.39 is 0 Å². The third kappa shape index (κ3) is 8.84. The van der Waals surface area contributed by atoms with Crippen molar-refractivity contribution in [1.29, 1.82) is 0 Å². The standard InChI is InChI=1S/C57H57.2ClH.Zr/c1-11-12-19-43-31-46(57(8,9)10)33-48(43)55-50-32-45-30-44(52-37(4)26-35(2)27-38(52)5)24-25-47(45)49(50)34-51(56(55)53-39(6)28-36(3)29-40(53)7)54(41-20-15-13-16-21-41)42-22-17-14-18-23-42;;;/h13-18,20-31,33-34,43H,11-12,19H2,1-10H3;2*1H;/q-1;;;+3/p-2. The third-order valence-corrected chi connectivity index (χ3v) is 12.3. The fraction of sp³-hybridized carbons (Fsp3) is 0.263. The fourth-order valence-electron chi connectivity index (χ4n) is 9.86. The summed E-state index contributed by atoms with van der Waals surface area (Å²) in [5.74, 6) is 0.319. The van der Waals surface area contributed by atoms with Gasteiger partial charge in [-0.15, -0.1) is 34.1 Å². The van der Waals surface area contributed by atoms with Crippen LogP contribution in [0.1, 0.15) is 103 Å². The predicted octanol–water partition coefficient (Wildman–Crippen LogP) is 7.99. The van der Waals surface area contributed by atoms with Gasteiger partial charge in [0.1, 0.15) is 0 Å². The molecule has 2 aliphatic rings. The van der Waals surface area contributed by atoms with Crippen LogP contribution < -0.4 is 35.3 Å². The Morgan fingerprint density at radius 3 is 1.65 bits per heavy atom. The topological polar surface area (TPSA) is 0 Å². The minimum Gasteiger partial charge on any atom is -1.00 e. The first-order chi connectivity index (χ1) is 27.3. The molecule has 60 heavy (non-hydrogen) atoms. The average Bonchev–Trinajstić information content (AvgIpc) is 3.76. The van der Waals surface area contributed by atoms with E-state index >= 15 is 0 Å². The van der Waals surface area contributed by atoms with Crippen molar-refractivity contribution in [2.75, 3.05) is 0 Å². The normalized spacial score (nSPS) is 13.8. The van der Waals surface area contributed by atoms with Gasteiger partial charge < -0.3 is 24.8 Å². The van der Waals surface area contributed by atoms with Crippen LogP contribution in [-0.4, -0.2) is 0 Å². The summed E-state index contributed by atoms with van der Waals surface area (Å²) in [4.78, 5) is 0. The second-order valence-corrected chi connectivity index (χ2v) is 17.9. The molecule has 303 valence electrons. The van der Waals surface area contributed by atoms with Crippen LogP contribution in [-0.2, 0) is 26.2 Å².